The van der Waals surface area contributed by atoms with E-state index in [-0.39, 0.29) is 0 Å². The van der Waals surface area contributed by atoms with Crippen LogP contribution in [-0.2, 0) is 33.7 Å². The molecule has 1 radical (unpaired) electrons. The fourth-order valence-electron chi connectivity index (χ4n) is 2.80. The Balaban J connectivity index is 0.000000367. The molecular weight excluding hydrogens is 342 g/mol. The maximum absolute atomic E-state index is 4.93. The predicted molar refractivity (Wildman–Crippen MR) is 76.4 cm³/mol. The molecule has 0 amide bonds. The van der Waals surface area contributed by atoms with Gasteiger partial charge in [-0.15, -0.1) is 0 Å². The Morgan fingerprint density at radius 2 is 1.72 bits per heavy atom. The van der Waals surface area contributed by atoms with Gasteiger partial charge in [-0.1, -0.05) is 32.1 Å². The van der Waals surface area contributed by atoms with Crippen LogP contribution in [0.25, 0.3) is 5.57 Å². The third-order valence-electron chi connectivity index (χ3n) is 3.64. The molecule has 95 valence electrons. The van der Waals surface area contributed by atoms with Gasteiger partial charge in [0.2, 0.25) is 0 Å². The van der Waals surface area contributed by atoms with Gasteiger partial charge in [0.05, 0.1) is 0 Å². The summed E-state index contributed by atoms with van der Waals surface area (Å²) in [6.07, 6.45) is 8.49. The number of fused-ring (bicyclic) bond motifs is 2. The summed E-state index contributed by atoms with van der Waals surface area (Å²) in [4.78, 5) is 0. The zero-order valence-electron chi connectivity index (χ0n) is 10.8. The Bertz CT molecular complexity index is 464. The summed E-state index contributed by atoms with van der Waals surface area (Å²) in [6, 6.07) is 4.84. The molecule has 0 spiro atoms. The molecule has 0 saturated carbocycles. The number of benzene rings is 1. The first-order valence-corrected chi connectivity index (χ1v) is 12.7. The van der Waals surface area contributed by atoms with Crippen molar-refractivity contribution in [2.75, 3.05) is 0 Å². The molecule has 18 heavy (non-hydrogen) atoms. The Labute approximate surface area is 128 Å². The number of rotatable bonds is 1. The molecule has 3 heteroatoms. The van der Waals surface area contributed by atoms with Gasteiger partial charge in [0.1, 0.15) is 0 Å². The second kappa shape index (κ2) is 6.73. The summed E-state index contributed by atoms with van der Waals surface area (Å²) < 4.78 is 0. The van der Waals surface area contributed by atoms with Crippen LogP contribution in [0, 0.1) is 12.3 Å². The van der Waals surface area contributed by atoms with E-state index in [1.807, 2.05) is 0 Å². The van der Waals surface area contributed by atoms with E-state index < -0.39 is 20.8 Å². The first-order chi connectivity index (χ1) is 8.67. The van der Waals surface area contributed by atoms with Gasteiger partial charge in [-0.05, 0) is 53.0 Å². The number of halogens is 2. The molecule has 0 bridgehead atoms. The topological polar surface area (TPSA) is 0 Å². The van der Waals surface area contributed by atoms with Crippen LogP contribution in [0.1, 0.15) is 42.5 Å². The van der Waals surface area contributed by atoms with Gasteiger partial charge in [0.25, 0.3) is 0 Å². The van der Waals surface area contributed by atoms with Crippen molar-refractivity contribution in [3.63, 3.8) is 0 Å². The van der Waals surface area contributed by atoms with Gasteiger partial charge in [0.15, 0.2) is 0 Å². The van der Waals surface area contributed by atoms with Crippen molar-refractivity contribution < 1.29 is 20.8 Å². The normalized spacial score (nSPS) is 15.7. The van der Waals surface area contributed by atoms with Crippen LogP contribution in [0.2, 0.25) is 0 Å². The van der Waals surface area contributed by atoms with Crippen molar-refractivity contribution in [3.05, 3.63) is 46.9 Å². The third-order valence-corrected chi connectivity index (χ3v) is 3.64. The zero-order valence-corrected chi connectivity index (χ0v) is 14.7. The Morgan fingerprint density at radius 3 is 2.33 bits per heavy atom. The van der Waals surface area contributed by atoms with Gasteiger partial charge >= 0.3 is 37.9 Å². The number of allylic oxidation sites excluding steroid dienone is 2. The van der Waals surface area contributed by atoms with E-state index in [1.165, 1.54) is 36.0 Å². The van der Waals surface area contributed by atoms with E-state index in [9.17, 15) is 0 Å². The molecule has 0 fully saturated rings. The van der Waals surface area contributed by atoms with Gasteiger partial charge < -0.3 is 0 Å². The number of hydrogen-bond donors (Lipinski definition) is 0. The molecule has 1 aromatic carbocycles. The van der Waals surface area contributed by atoms with Crippen molar-refractivity contribution in [2.24, 2.45) is 5.92 Å². The Kier molecular flexibility index (Phi) is 5.54. The fourth-order valence-corrected chi connectivity index (χ4v) is 2.80. The summed E-state index contributed by atoms with van der Waals surface area (Å²) in [7, 11) is 9.87. The van der Waals surface area contributed by atoms with Crippen molar-refractivity contribution >= 4 is 22.6 Å². The Morgan fingerprint density at radius 1 is 1.11 bits per heavy atom. The van der Waals surface area contributed by atoms with E-state index >= 15 is 0 Å². The van der Waals surface area contributed by atoms with Gasteiger partial charge in [-0.3, -0.25) is 0 Å². The van der Waals surface area contributed by atoms with Crippen LogP contribution < -0.4 is 0 Å². The molecule has 0 nitrogen and oxygen atoms in total. The standard InChI is InChI=1S/C15H17.2ClH.Zr/c1-10(2)14-7-6-13-8-11-4-3-5-12(11)9-15(13)14;;;/h6-10H,3-5H2,1-2H3;2*1H;/q;;;+2/p-2. The second-order valence-electron chi connectivity index (χ2n) is 5.08. The summed E-state index contributed by atoms with van der Waals surface area (Å²) in [5.41, 5.74) is 7.63. The molecular formula is C15H17Cl2Zr. The first-order valence-electron chi connectivity index (χ1n) is 6.34. The molecule has 2 aliphatic carbocycles. The van der Waals surface area contributed by atoms with E-state index in [1.54, 1.807) is 11.1 Å². The summed E-state index contributed by atoms with van der Waals surface area (Å²) in [6.45, 7) is 4.56. The maximum atomic E-state index is 4.93. The molecule has 3 rings (SSSR count). The SMILES string of the molecule is CC(C)C1=C[CH]c2cc3c(cc21)CCC3.[Cl][Zr][Cl]. The van der Waals surface area contributed by atoms with Crippen molar-refractivity contribution in [2.45, 2.75) is 33.1 Å². The van der Waals surface area contributed by atoms with E-state index in [0.29, 0.717) is 5.92 Å². The molecule has 0 atom stereocenters. The summed E-state index contributed by atoms with van der Waals surface area (Å²) >= 11 is -0.826. The van der Waals surface area contributed by atoms with Gasteiger partial charge in [-0.2, -0.15) is 0 Å². The monoisotopic (exact) mass is 357 g/mol. The molecule has 1 aromatic rings. The van der Waals surface area contributed by atoms with Gasteiger partial charge in [-0.25, -0.2) is 0 Å². The molecule has 0 saturated heterocycles. The van der Waals surface area contributed by atoms with Crippen molar-refractivity contribution in [3.8, 4) is 0 Å². The average molecular weight is 359 g/mol. The van der Waals surface area contributed by atoms with Crippen molar-refractivity contribution in [1.82, 2.24) is 0 Å². The quantitative estimate of drug-likeness (QED) is 0.650. The Hall–Kier alpha value is 0.423. The fraction of sp³-hybridized carbons (Fsp3) is 0.400. The molecule has 0 heterocycles. The summed E-state index contributed by atoms with van der Waals surface area (Å²) in [5, 5.41) is 0. The number of hydrogen-bond acceptors (Lipinski definition) is 0. The molecule has 2 aliphatic rings. The van der Waals surface area contributed by atoms with Crippen molar-refractivity contribution in [1.29, 1.82) is 0 Å². The van der Waals surface area contributed by atoms with Crippen LogP contribution in [-0.4, -0.2) is 0 Å². The number of aryl methyl sites for hydroxylation is 2. The average Bonchev–Trinajstić information content (AvgIpc) is 2.91. The summed E-state index contributed by atoms with van der Waals surface area (Å²) in [5.74, 6) is 0.641. The van der Waals surface area contributed by atoms with E-state index in [0.717, 1.165) is 0 Å². The van der Waals surface area contributed by atoms with Crippen LogP contribution in [0.5, 0.6) is 0 Å². The predicted octanol–water partition coefficient (Wildman–Crippen LogP) is 5.16. The van der Waals surface area contributed by atoms with E-state index in [4.69, 9.17) is 17.0 Å². The van der Waals surface area contributed by atoms with Crippen LogP contribution in [0.4, 0.5) is 0 Å². The second-order valence-corrected chi connectivity index (χ2v) is 8.81. The molecule has 0 aromatic heterocycles. The minimum absolute atomic E-state index is 0.641. The molecule has 0 N–H and O–H groups in total. The molecule has 0 unspecified atom stereocenters. The molecule has 0 aliphatic heterocycles. The minimum atomic E-state index is -0.826. The zero-order chi connectivity index (χ0) is 13.1. The third kappa shape index (κ3) is 3.11. The van der Waals surface area contributed by atoms with Crippen LogP contribution in [0.15, 0.2) is 18.2 Å². The first kappa shape index (κ1) is 14.8. The van der Waals surface area contributed by atoms with Crippen LogP contribution in [0.3, 0.4) is 0 Å². The van der Waals surface area contributed by atoms with Gasteiger partial charge in [0, 0.05) is 6.42 Å². The van der Waals surface area contributed by atoms with Crippen LogP contribution >= 0.6 is 17.0 Å². The van der Waals surface area contributed by atoms with E-state index in [2.05, 4.69) is 38.5 Å².